The zero-order valence-electron chi connectivity index (χ0n) is 6.53. The highest BCUT2D eigenvalue weighted by Gasteiger charge is 2.30. The van der Waals surface area contributed by atoms with E-state index in [9.17, 15) is 9.59 Å². The third kappa shape index (κ3) is 1.94. The molecule has 0 bridgehead atoms. The highest BCUT2D eigenvalue weighted by atomic mass is 32.2. The quantitative estimate of drug-likeness (QED) is 0.445. The van der Waals surface area contributed by atoms with Crippen molar-refractivity contribution in [2.24, 2.45) is 0 Å². The molecule has 11 heavy (non-hydrogen) atoms. The Morgan fingerprint density at radius 2 is 1.73 bits per heavy atom. The molecule has 1 aliphatic rings. The van der Waals surface area contributed by atoms with Crippen molar-refractivity contribution in [3.05, 3.63) is 0 Å². The summed E-state index contributed by atoms with van der Waals surface area (Å²) in [5.74, 6) is -0.178. The number of carbonyl (C=O) groups is 2. The Morgan fingerprint density at radius 3 is 2.09 bits per heavy atom. The number of hydrogen-bond acceptors (Lipinski definition) is 4. The molecule has 4 nitrogen and oxygen atoms in total. The molecule has 0 unspecified atom stereocenters. The summed E-state index contributed by atoms with van der Waals surface area (Å²) in [5, 5.41) is 0. The zero-order chi connectivity index (χ0) is 8.43. The summed E-state index contributed by atoms with van der Waals surface area (Å²) in [6.07, 6.45) is 0.722. The molecule has 1 saturated heterocycles. The summed E-state index contributed by atoms with van der Waals surface area (Å²) in [4.78, 5) is 22.0. The molecule has 0 aromatic heterocycles. The molecular weight excluding hydrogens is 164 g/mol. The second-order valence-corrected chi connectivity index (χ2v) is 3.73. The molecule has 5 heteroatoms. The number of hydrogen-bond donors (Lipinski definition) is 0. The van der Waals surface area contributed by atoms with Gasteiger partial charge >= 0.3 is 0 Å². The molecule has 1 heterocycles. The molecule has 1 rings (SSSR count). The molecular formula is C6H10N2O2S. The van der Waals surface area contributed by atoms with Crippen molar-refractivity contribution in [2.45, 2.75) is 12.8 Å². The van der Waals surface area contributed by atoms with Crippen LogP contribution < -0.4 is 0 Å². The molecule has 0 aromatic carbocycles. The van der Waals surface area contributed by atoms with Crippen molar-refractivity contribution >= 4 is 23.9 Å². The molecule has 1 aliphatic heterocycles. The minimum absolute atomic E-state index is 0.0892. The zero-order valence-corrected chi connectivity index (χ0v) is 7.35. The van der Waals surface area contributed by atoms with Crippen molar-refractivity contribution in [1.29, 1.82) is 0 Å². The van der Waals surface area contributed by atoms with Gasteiger partial charge in [0.15, 0.2) is 0 Å². The van der Waals surface area contributed by atoms with E-state index in [-0.39, 0.29) is 11.8 Å². The van der Waals surface area contributed by atoms with Crippen LogP contribution >= 0.6 is 12.1 Å². The minimum atomic E-state index is -0.0892. The summed E-state index contributed by atoms with van der Waals surface area (Å²) in [6.45, 7) is 0. The van der Waals surface area contributed by atoms with E-state index in [1.807, 2.05) is 0 Å². The van der Waals surface area contributed by atoms with Crippen molar-refractivity contribution in [2.75, 3.05) is 14.1 Å². The molecule has 1 fully saturated rings. The lowest BCUT2D eigenvalue weighted by Crippen LogP contribution is -2.25. The fourth-order valence-corrected chi connectivity index (χ4v) is 1.50. The summed E-state index contributed by atoms with van der Waals surface area (Å²) in [6, 6.07) is 0. The smallest absolute Gasteiger partial charge is 0.240 e. The van der Waals surface area contributed by atoms with E-state index >= 15 is 0 Å². The van der Waals surface area contributed by atoms with Crippen LogP contribution in [0, 0.1) is 0 Å². The van der Waals surface area contributed by atoms with E-state index in [0.29, 0.717) is 12.8 Å². The first-order valence-corrected chi connectivity index (χ1v) is 4.05. The molecule has 0 atom stereocenters. The Balaban J connectivity index is 2.55. The summed E-state index contributed by atoms with van der Waals surface area (Å²) >= 11 is 1.15. The third-order valence-electron chi connectivity index (χ3n) is 1.25. The number of nitrogens with zero attached hydrogens (tertiary/aromatic N) is 2. The highest BCUT2D eigenvalue weighted by Crippen LogP contribution is 2.21. The van der Waals surface area contributed by atoms with Crippen LogP contribution in [0.15, 0.2) is 0 Å². The third-order valence-corrected chi connectivity index (χ3v) is 2.15. The number of amides is 2. The Bertz CT molecular complexity index is 177. The molecule has 0 aliphatic carbocycles. The molecule has 0 radical (unpaired) electrons. The lowest BCUT2D eigenvalue weighted by Gasteiger charge is -2.15. The topological polar surface area (TPSA) is 40.6 Å². The SMILES string of the molecule is CN(C)SN1C(=O)CCC1=O. The monoisotopic (exact) mass is 174 g/mol. The van der Waals surface area contributed by atoms with E-state index < -0.39 is 0 Å². The molecule has 2 amide bonds. The van der Waals surface area contributed by atoms with Gasteiger partial charge in [-0.1, -0.05) is 0 Å². The van der Waals surface area contributed by atoms with Gasteiger partial charge in [-0.2, -0.15) is 0 Å². The van der Waals surface area contributed by atoms with Crippen LogP contribution in [0.3, 0.4) is 0 Å². The maximum atomic E-state index is 11.0. The van der Waals surface area contributed by atoms with Crippen LogP contribution in [0.2, 0.25) is 0 Å². The van der Waals surface area contributed by atoms with Crippen LogP contribution in [0.1, 0.15) is 12.8 Å². The standard InChI is InChI=1S/C6H10N2O2S/c1-7(2)11-8-5(9)3-4-6(8)10/h3-4H2,1-2H3. The van der Waals surface area contributed by atoms with E-state index in [1.165, 1.54) is 4.31 Å². The van der Waals surface area contributed by atoms with Crippen LogP contribution in [0.4, 0.5) is 0 Å². The van der Waals surface area contributed by atoms with Gasteiger partial charge in [0.2, 0.25) is 11.8 Å². The molecule has 62 valence electrons. The van der Waals surface area contributed by atoms with E-state index in [1.54, 1.807) is 18.4 Å². The van der Waals surface area contributed by atoms with Crippen molar-refractivity contribution < 1.29 is 9.59 Å². The lowest BCUT2D eigenvalue weighted by molar-refractivity contribution is -0.131. The van der Waals surface area contributed by atoms with E-state index in [4.69, 9.17) is 0 Å². The average Bonchev–Trinajstić information content (AvgIpc) is 2.18. The van der Waals surface area contributed by atoms with Crippen molar-refractivity contribution in [1.82, 2.24) is 8.61 Å². The molecule has 0 saturated carbocycles. The van der Waals surface area contributed by atoms with Crippen LogP contribution in [0.5, 0.6) is 0 Å². The lowest BCUT2D eigenvalue weighted by atomic mass is 10.4. The first kappa shape index (κ1) is 8.55. The van der Waals surface area contributed by atoms with Gasteiger partial charge in [0.25, 0.3) is 0 Å². The first-order chi connectivity index (χ1) is 5.11. The van der Waals surface area contributed by atoms with Crippen LogP contribution in [0.25, 0.3) is 0 Å². The number of carbonyl (C=O) groups excluding carboxylic acids is 2. The van der Waals surface area contributed by atoms with E-state index in [0.717, 1.165) is 12.1 Å². The van der Waals surface area contributed by atoms with Gasteiger partial charge in [-0.15, -0.1) is 0 Å². The van der Waals surface area contributed by atoms with Gasteiger partial charge in [0.1, 0.15) is 0 Å². The number of rotatable bonds is 2. The van der Waals surface area contributed by atoms with Crippen molar-refractivity contribution in [3.63, 3.8) is 0 Å². The second kappa shape index (κ2) is 3.23. The minimum Gasteiger partial charge on any atom is -0.273 e. The fraction of sp³-hybridized carbons (Fsp3) is 0.667. The van der Waals surface area contributed by atoms with Gasteiger partial charge in [-0.3, -0.25) is 9.59 Å². The van der Waals surface area contributed by atoms with Gasteiger partial charge in [0.05, 0.1) is 0 Å². The van der Waals surface area contributed by atoms with Gasteiger partial charge in [-0.05, 0) is 14.1 Å². The molecule has 0 aromatic rings. The van der Waals surface area contributed by atoms with Crippen molar-refractivity contribution in [3.8, 4) is 0 Å². The Morgan fingerprint density at radius 1 is 1.27 bits per heavy atom. The first-order valence-electron chi connectivity index (χ1n) is 3.32. The summed E-state index contributed by atoms with van der Waals surface area (Å²) in [5.41, 5.74) is 0. The predicted octanol–water partition coefficient (Wildman–Crippen LogP) is 0.260. The van der Waals surface area contributed by atoms with Crippen LogP contribution in [-0.4, -0.2) is 34.5 Å². The van der Waals surface area contributed by atoms with Crippen LogP contribution in [-0.2, 0) is 9.59 Å². The largest absolute Gasteiger partial charge is 0.273 e. The maximum absolute atomic E-state index is 11.0. The second-order valence-electron chi connectivity index (χ2n) is 2.48. The Labute approximate surface area is 69.8 Å². The molecule has 0 N–H and O–H groups in total. The summed E-state index contributed by atoms with van der Waals surface area (Å²) < 4.78 is 2.93. The Kier molecular flexibility index (Phi) is 2.51. The maximum Gasteiger partial charge on any atom is 0.240 e. The average molecular weight is 174 g/mol. The Hall–Kier alpha value is -0.550. The highest BCUT2D eigenvalue weighted by molar-refractivity contribution is 7.95. The fourth-order valence-electron chi connectivity index (χ4n) is 0.810. The van der Waals surface area contributed by atoms with Gasteiger partial charge < -0.3 is 0 Å². The van der Waals surface area contributed by atoms with Gasteiger partial charge in [-0.25, -0.2) is 8.61 Å². The van der Waals surface area contributed by atoms with E-state index in [2.05, 4.69) is 0 Å². The number of imide groups is 1. The predicted molar refractivity (Wildman–Crippen MR) is 42.4 cm³/mol. The molecule has 0 spiro atoms. The summed E-state index contributed by atoms with van der Waals surface area (Å²) in [7, 11) is 3.59. The normalized spacial score (nSPS) is 18.6. The van der Waals surface area contributed by atoms with Gasteiger partial charge in [0, 0.05) is 25.0 Å².